The summed E-state index contributed by atoms with van der Waals surface area (Å²) < 4.78 is 5.07. The van der Waals surface area contributed by atoms with Crippen molar-refractivity contribution in [1.29, 1.82) is 0 Å². The summed E-state index contributed by atoms with van der Waals surface area (Å²) in [6, 6.07) is 4.96. The molecular weight excluding hydrogens is 292 g/mol. The molecule has 1 aromatic rings. The number of anilines is 1. The number of benzene rings is 1. The number of carbonyl (C=O) groups excluding carboxylic acids is 2. The lowest BCUT2D eigenvalue weighted by Gasteiger charge is -2.25. The van der Waals surface area contributed by atoms with Crippen molar-refractivity contribution in [3.05, 3.63) is 23.2 Å². The van der Waals surface area contributed by atoms with Crippen LogP contribution in [0.15, 0.2) is 18.2 Å². The van der Waals surface area contributed by atoms with E-state index in [1.807, 2.05) is 20.8 Å². The summed E-state index contributed by atoms with van der Waals surface area (Å²) in [7, 11) is 1.51. The van der Waals surface area contributed by atoms with Crippen molar-refractivity contribution in [3.63, 3.8) is 0 Å². The molecule has 0 bridgehead atoms. The van der Waals surface area contributed by atoms with Crippen molar-refractivity contribution in [3.8, 4) is 5.75 Å². The molecular formula is C15H21ClN2O3. The molecule has 1 aromatic carbocycles. The van der Waals surface area contributed by atoms with Gasteiger partial charge in [0.1, 0.15) is 12.3 Å². The second-order valence-corrected chi connectivity index (χ2v) is 6.13. The first-order valence-electron chi connectivity index (χ1n) is 6.56. The third-order valence-electron chi connectivity index (χ3n) is 2.64. The first kappa shape index (κ1) is 17.3. The van der Waals surface area contributed by atoms with Crippen LogP contribution in [0.25, 0.3) is 0 Å². The van der Waals surface area contributed by atoms with Crippen LogP contribution in [0, 0.1) is 0 Å². The molecule has 2 amide bonds. The molecule has 0 spiro atoms. The second kappa shape index (κ2) is 6.80. The van der Waals surface area contributed by atoms with E-state index in [1.165, 1.54) is 18.9 Å². The van der Waals surface area contributed by atoms with Crippen LogP contribution in [0.4, 0.5) is 5.69 Å². The number of hydrogen-bond acceptors (Lipinski definition) is 3. The number of halogens is 1. The molecule has 0 aliphatic carbocycles. The van der Waals surface area contributed by atoms with Crippen molar-refractivity contribution in [2.75, 3.05) is 18.6 Å². The van der Waals surface area contributed by atoms with E-state index in [1.54, 1.807) is 18.2 Å². The highest BCUT2D eigenvalue weighted by Crippen LogP contribution is 2.29. The van der Waals surface area contributed by atoms with Crippen LogP contribution in [0.1, 0.15) is 27.7 Å². The van der Waals surface area contributed by atoms with Crippen LogP contribution in [0.3, 0.4) is 0 Å². The maximum Gasteiger partial charge on any atom is 0.240 e. The Balaban J connectivity index is 2.95. The number of amides is 2. The van der Waals surface area contributed by atoms with Gasteiger partial charge in [-0.3, -0.25) is 9.59 Å². The minimum absolute atomic E-state index is 0.0603. The van der Waals surface area contributed by atoms with Gasteiger partial charge in [-0.15, -0.1) is 0 Å². The maximum absolute atomic E-state index is 12.0. The SMILES string of the molecule is COc1ccc(N(CC(=O)NC(C)(C)C)C(C)=O)cc1Cl. The maximum atomic E-state index is 12.0. The molecule has 21 heavy (non-hydrogen) atoms. The summed E-state index contributed by atoms with van der Waals surface area (Å²) in [5, 5.41) is 3.21. The molecule has 0 aliphatic heterocycles. The summed E-state index contributed by atoms with van der Waals surface area (Å²) in [4.78, 5) is 25.1. The number of nitrogens with one attached hydrogen (secondary N) is 1. The Hall–Kier alpha value is -1.75. The molecule has 0 unspecified atom stereocenters. The van der Waals surface area contributed by atoms with Crippen molar-refractivity contribution in [2.24, 2.45) is 0 Å². The van der Waals surface area contributed by atoms with Gasteiger partial charge in [0.25, 0.3) is 0 Å². The third-order valence-corrected chi connectivity index (χ3v) is 2.94. The van der Waals surface area contributed by atoms with Crippen molar-refractivity contribution >= 4 is 29.1 Å². The van der Waals surface area contributed by atoms with Crippen LogP contribution in [-0.4, -0.2) is 31.0 Å². The normalized spacial score (nSPS) is 11.0. The number of ether oxygens (including phenoxy) is 1. The van der Waals surface area contributed by atoms with E-state index in [9.17, 15) is 9.59 Å². The smallest absolute Gasteiger partial charge is 0.240 e. The molecule has 6 heteroatoms. The number of carbonyl (C=O) groups is 2. The van der Waals surface area contributed by atoms with E-state index < -0.39 is 0 Å². The zero-order chi connectivity index (χ0) is 16.2. The quantitative estimate of drug-likeness (QED) is 0.929. The highest BCUT2D eigenvalue weighted by atomic mass is 35.5. The molecule has 5 nitrogen and oxygen atoms in total. The summed E-state index contributed by atoms with van der Waals surface area (Å²) in [5.74, 6) is 0.0491. The summed E-state index contributed by atoms with van der Waals surface area (Å²) in [6.45, 7) is 6.99. The van der Waals surface area contributed by atoms with E-state index >= 15 is 0 Å². The van der Waals surface area contributed by atoms with Gasteiger partial charge in [0.05, 0.1) is 12.1 Å². The summed E-state index contributed by atoms with van der Waals surface area (Å²) in [5.41, 5.74) is 0.203. The van der Waals surface area contributed by atoms with Crippen LogP contribution in [-0.2, 0) is 9.59 Å². The van der Waals surface area contributed by atoms with Crippen LogP contribution >= 0.6 is 11.6 Å². The standard InChI is InChI=1S/C15H21ClN2O3/c1-10(19)18(9-14(20)17-15(2,3)4)11-6-7-13(21-5)12(16)8-11/h6-8H,9H2,1-5H3,(H,17,20). The van der Waals surface area contributed by atoms with Crippen LogP contribution < -0.4 is 15.0 Å². The van der Waals surface area contributed by atoms with E-state index in [4.69, 9.17) is 16.3 Å². The second-order valence-electron chi connectivity index (χ2n) is 5.72. The van der Waals surface area contributed by atoms with Gasteiger partial charge in [-0.1, -0.05) is 11.6 Å². The third kappa shape index (κ3) is 5.27. The predicted molar refractivity (Wildman–Crippen MR) is 83.9 cm³/mol. The largest absolute Gasteiger partial charge is 0.495 e. The monoisotopic (exact) mass is 312 g/mol. The number of nitrogens with zero attached hydrogens (tertiary/aromatic N) is 1. The molecule has 0 radical (unpaired) electrons. The Morgan fingerprint density at radius 1 is 1.33 bits per heavy atom. The molecule has 0 heterocycles. The lowest BCUT2D eigenvalue weighted by atomic mass is 10.1. The molecule has 1 N–H and O–H groups in total. The average Bonchev–Trinajstić information content (AvgIpc) is 2.33. The predicted octanol–water partition coefficient (Wildman–Crippen LogP) is 2.62. The van der Waals surface area contributed by atoms with E-state index in [0.717, 1.165) is 0 Å². The highest BCUT2D eigenvalue weighted by Gasteiger charge is 2.20. The van der Waals surface area contributed by atoms with Crippen molar-refractivity contribution in [1.82, 2.24) is 5.32 Å². The van der Waals surface area contributed by atoms with Crippen molar-refractivity contribution < 1.29 is 14.3 Å². The van der Waals surface area contributed by atoms with E-state index in [0.29, 0.717) is 16.5 Å². The summed E-state index contributed by atoms with van der Waals surface area (Å²) in [6.07, 6.45) is 0. The average molecular weight is 313 g/mol. The van der Waals surface area contributed by atoms with Gasteiger partial charge in [-0.2, -0.15) is 0 Å². The Morgan fingerprint density at radius 2 is 1.95 bits per heavy atom. The first-order valence-corrected chi connectivity index (χ1v) is 6.94. The minimum atomic E-state index is -0.350. The Labute approximate surface area is 130 Å². The molecule has 0 fully saturated rings. The van der Waals surface area contributed by atoms with E-state index in [-0.39, 0.29) is 23.9 Å². The fraction of sp³-hybridized carbons (Fsp3) is 0.467. The fourth-order valence-electron chi connectivity index (χ4n) is 1.81. The molecule has 1 rings (SSSR count). The van der Waals surface area contributed by atoms with Gasteiger partial charge >= 0.3 is 0 Å². The van der Waals surface area contributed by atoms with Gasteiger partial charge in [0, 0.05) is 18.2 Å². The fourth-order valence-corrected chi connectivity index (χ4v) is 2.06. The number of rotatable bonds is 4. The molecule has 0 atom stereocenters. The zero-order valence-corrected chi connectivity index (χ0v) is 13.7. The molecule has 0 saturated carbocycles. The topological polar surface area (TPSA) is 58.6 Å². The summed E-state index contributed by atoms with van der Waals surface area (Å²) >= 11 is 6.06. The lowest BCUT2D eigenvalue weighted by molar-refractivity contribution is -0.124. The van der Waals surface area contributed by atoms with Gasteiger partial charge in [-0.25, -0.2) is 0 Å². The number of methoxy groups -OCH3 is 1. The number of hydrogen-bond donors (Lipinski definition) is 1. The molecule has 0 aromatic heterocycles. The van der Waals surface area contributed by atoms with Crippen LogP contribution in [0.5, 0.6) is 5.75 Å². The molecule has 116 valence electrons. The van der Waals surface area contributed by atoms with Gasteiger partial charge in [0.15, 0.2) is 0 Å². The molecule has 0 saturated heterocycles. The molecule has 0 aliphatic rings. The first-order chi connectivity index (χ1) is 9.64. The van der Waals surface area contributed by atoms with Crippen molar-refractivity contribution in [2.45, 2.75) is 33.2 Å². The van der Waals surface area contributed by atoms with Gasteiger partial charge in [0.2, 0.25) is 11.8 Å². The van der Waals surface area contributed by atoms with Crippen LogP contribution in [0.2, 0.25) is 5.02 Å². The highest BCUT2D eigenvalue weighted by molar-refractivity contribution is 6.32. The lowest BCUT2D eigenvalue weighted by Crippen LogP contribution is -2.47. The zero-order valence-electron chi connectivity index (χ0n) is 13.0. The minimum Gasteiger partial charge on any atom is -0.495 e. The Kier molecular flexibility index (Phi) is 5.61. The van der Waals surface area contributed by atoms with E-state index in [2.05, 4.69) is 5.32 Å². The Morgan fingerprint density at radius 3 is 2.38 bits per heavy atom. The Bertz CT molecular complexity index is 538. The van der Waals surface area contributed by atoms with Gasteiger partial charge < -0.3 is 15.0 Å². The van der Waals surface area contributed by atoms with Gasteiger partial charge in [-0.05, 0) is 39.0 Å².